The number of nitrogens with zero attached hydrogens (tertiary/aromatic N) is 2. The molecule has 33 heavy (non-hydrogen) atoms. The van der Waals surface area contributed by atoms with Crippen molar-refractivity contribution in [2.24, 2.45) is 0 Å². The van der Waals surface area contributed by atoms with Crippen LogP contribution in [0.3, 0.4) is 0 Å². The molecule has 2 aromatic rings. The summed E-state index contributed by atoms with van der Waals surface area (Å²) in [5, 5.41) is 11.2. The summed E-state index contributed by atoms with van der Waals surface area (Å²) in [7, 11) is 3.14. The minimum absolute atomic E-state index is 0.214. The predicted molar refractivity (Wildman–Crippen MR) is 119 cm³/mol. The molecule has 0 aromatic heterocycles. The number of ether oxygens (including phenoxy) is 5. The normalized spacial score (nSPS) is 21.7. The van der Waals surface area contributed by atoms with Gasteiger partial charge in [-0.15, -0.1) is 0 Å². The summed E-state index contributed by atoms with van der Waals surface area (Å²) < 4.78 is 27.1. The molecule has 0 radical (unpaired) electrons. The van der Waals surface area contributed by atoms with Gasteiger partial charge in [0.1, 0.15) is 6.10 Å². The Kier molecular flexibility index (Phi) is 5.67. The molecule has 9 heteroatoms. The molecule has 2 fully saturated rings. The minimum Gasteiger partial charge on any atom is -0.493 e. The zero-order valence-corrected chi connectivity index (χ0v) is 18.8. The summed E-state index contributed by atoms with van der Waals surface area (Å²) in [5.74, 6) is 2.55. The van der Waals surface area contributed by atoms with E-state index in [1.807, 2.05) is 24.3 Å². The Balaban J connectivity index is 1.19. The predicted octanol–water partition coefficient (Wildman–Crippen LogP) is 2.74. The van der Waals surface area contributed by atoms with Crippen molar-refractivity contribution in [2.45, 2.75) is 24.5 Å². The highest BCUT2D eigenvalue weighted by Crippen LogP contribution is 2.40. The maximum absolute atomic E-state index is 12.5. The van der Waals surface area contributed by atoms with E-state index in [1.165, 1.54) is 0 Å². The van der Waals surface area contributed by atoms with E-state index in [0.717, 1.165) is 5.56 Å². The molecule has 5 rings (SSSR count). The zero-order valence-electron chi connectivity index (χ0n) is 18.8. The monoisotopic (exact) mass is 456 g/mol. The van der Waals surface area contributed by atoms with Crippen LogP contribution in [0.15, 0.2) is 36.4 Å². The molecule has 1 amide bonds. The Morgan fingerprint density at radius 1 is 1.03 bits per heavy atom. The van der Waals surface area contributed by atoms with Gasteiger partial charge in [-0.2, -0.15) is 0 Å². The number of rotatable bonds is 6. The Bertz CT molecular complexity index is 1040. The fourth-order valence-corrected chi connectivity index (χ4v) is 4.69. The average molecular weight is 456 g/mol. The van der Waals surface area contributed by atoms with E-state index in [-0.39, 0.29) is 19.0 Å². The van der Waals surface area contributed by atoms with E-state index in [4.69, 9.17) is 23.7 Å². The van der Waals surface area contributed by atoms with Gasteiger partial charge in [-0.25, -0.2) is 4.79 Å². The number of likely N-dealkylation sites (tertiary alicyclic amines) is 1. The van der Waals surface area contributed by atoms with Gasteiger partial charge >= 0.3 is 6.09 Å². The van der Waals surface area contributed by atoms with Gasteiger partial charge in [0.05, 0.1) is 32.1 Å². The van der Waals surface area contributed by atoms with Crippen molar-refractivity contribution < 1.29 is 33.6 Å². The number of amides is 1. The molecule has 2 saturated heterocycles. The molecule has 0 spiro atoms. The fourth-order valence-electron chi connectivity index (χ4n) is 4.69. The molecule has 1 unspecified atom stereocenters. The minimum atomic E-state index is -0.907. The van der Waals surface area contributed by atoms with Gasteiger partial charge < -0.3 is 28.8 Å². The number of hydrogen-bond donors (Lipinski definition) is 1. The fraction of sp³-hybridized carbons (Fsp3) is 0.458. The quantitative estimate of drug-likeness (QED) is 0.710. The zero-order chi connectivity index (χ0) is 23.0. The van der Waals surface area contributed by atoms with Crippen LogP contribution in [0.2, 0.25) is 0 Å². The first-order valence-electron chi connectivity index (χ1n) is 11.0. The number of hydrogen-bond acceptors (Lipinski definition) is 8. The molecule has 3 heterocycles. The molecule has 2 aromatic carbocycles. The number of fused-ring (bicyclic) bond motifs is 1. The van der Waals surface area contributed by atoms with Crippen LogP contribution in [0, 0.1) is 0 Å². The summed E-state index contributed by atoms with van der Waals surface area (Å²) in [6, 6.07) is 11.0. The van der Waals surface area contributed by atoms with Crippen LogP contribution in [0.1, 0.15) is 18.4 Å². The lowest BCUT2D eigenvalue weighted by molar-refractivity contribution is -0.0325. The van der Waals surface area contributed by atoms with Gasteiger partial charge in [-0.05, 0) is 42.7 Å². The van der Waals surface area contributed by atoms with Crippen molar-refractivity contribution in [3.63, 3.8) is 0 Å². The molecule has 0 aliphatic carbocycles. The van der Waals surface area contributed by atoms with Crippen molar-refractivity contribution in [2.75, 3.05) is 52.1 Å². The van der Waals surface area contributed by atoms with Gasteiger partial charge in [0.15, 0.2) is 23.0 Å². The lowest BCUT2D eigenvalue weighted by atomic mass is 9.84. The molecule has 1 N–H and O–H groups in total. The van der Waals surface area contributed by atoms with Crippen molar-refractivity contribution in [3.05, 3.63) is 42.0 Å². The lowest BCUT2D eigenvalue weighted by Gasteiger charge is -2.39. The number of piperidine rings is 1. The molecule has 0 saturated carbocycles. The third kappa shape index (κ3) is 4.14. The summed E-state index contributed by atoms with van der Waals surface area (Å²) in [6.45, 7) is 2.69. The number of methoxy groups -OCH3 is 2. The highest BCUT2D eigenvalue weighted by Gasteiger charge is 2.38. The second-order valence-electron chi connectivity index (χ2n) is 8.56. The molecule has 3 aliphatic heterocycles. The summed E-state index contributed by atoms with van der Waals surface area (Å²) in [4.78, 5) is 16.4. The maximum atomic E-state index is 12.5. The van der Waals surface area contributed by atoms with Gasteiger partial charge in [-0.3, -0.25) is 9.80 Å². The van der Waals surface area contributed by atoms with Crippen LogP contribution in [-0.2, 0) is 10.3 Å². The molecule has 176 valence electrons. The molecular formula is C24H28N2O7. The van der Waals surface area contributed by atoms with E-state index in [2.05, 4.69) is 4.90 Å². The number of benzene rings is 2. The summed E-state index contributed by atoms with van der Waals surface area (Å²) >= 11 is 0. The first-order valence-corrected chi connectivity index (χ1v) is 11.0. The van der Waals surface area contributed by atoms with E-state index < -0.39 is 5.60 Å². The van der Waals surface area contributed by atoms with Crippen molar-refractivity contribution in [3.8, 4) is 23.0 Å². The second-order valence-corrected chi connectivity index (χ2v) is 8.56. The van der Waals surface area contributed by atoms with E-state index in [9.17, 15) is 9.90 Å². The highest BCUT2D eigenvalue weighted by molar-refractivity contribution is 5.90. The third-order valence-electron chi connectivity index (χ3n) is 6.61. The molecule has 9 nitrogen and oxygen atoms in total. The number of carbonyl (C=O) groups excluding carboxylic acids is 1. The number of anilines is 1. The van der Waals surface area contributed by atoms with Crippen LogP contribution in [-0.4, -0.2) is 69.4 Å². The number of carbonyl (C=O) groups is 1. The molecule has 3 aliphatic rings. The van der Waals surface area contributed by atoms with Crippen molar-refractivity contribution in [1.29, 1.82) is 0 Å². The second kappa shape index (κ2) is 8.64. The van der Waals surface area contributed by atoms with Crippen LogP contribution in [0.4, 0.5) is 10.5 Å². The molecule has 1 atom stereocenters. The van der Waals surface area contributed by atoms with Crippen LogP contribution in [0.5, 0.6) is 23.0 Å². The standard InChI is InChI=1S/C24H28N2O7/c1-29-19-6-4-17(12-21(19)30-2)26-14-18(33-23(26)27)13-25-9-7-24(28,8-10-25)16-3-5-20-22(11-16)32-15-31-20/h3-6,11-12,18,28H,7-10,13-15H2,1-2H3. The Labute approximate surface area is 192 Å². The summed E-state index contributed by atoms with van der Waals surface area (Å²) in [5.41, 5.74) is 0.643. The van der Waals surface area contributed by atoms with Gasteiger partial charge in [0.2, 0.25) is 6.79 Å². The molecule has 0 bridgehead atoms. The van der Waals surface area contributed by atoms with Crippen molar-refractivity contribution >= 4 is 11.8 Å². The van der Waals surface area contributed by atoms with E-state index >= 15 is 0 Å². The third-order valence-corrected chi connectivity index (χ3v) is 6.61. The SMILES string of the molecule is COc1ccc(N2CC(CN3CCC(O)(c4ccc5c(c4)OCO5)CC3)OC2=O)cc1OC. The maximum Gasteiger partial charge on any atom is 0.414 e. The first kappa shape index (κ1) is 21.7. The van der Waals surface area contributed by atoms with Crippen LogP contribution in [0.25, 0.3) is 0 Å². The largest absolute Gasteiger partial charge is 0.493 e. The van der Waals surface area contributed by atoms with Crippen LogP contribution < -0.4 is 23.8 Å². The first-order chi connectivity index (χ1) is 16.0. The summed E-state index contributed by atoms with van der Waals surface area (Å²) in [6.07, 6.45) is 0.558. The Morgan fingerprint density at radius 2 is 1.79 bits per heavy atom. The Hall–Kier alpha value is -3.17. The average Bonchev–Trinajstić information content (AvgIpc) is 3.45. The van der Waals surface area contributed by atoms with Crippen LogP contribution >= 0.6 is 0 Å². The number of aliphatic hydroxyl groups is 1. The smallest absolute Gasteiger partial charge is 0.414 e. The highest BCUT2D eigenvalue weighted by atomic mass is 16.7. The van der Waals surface area contributed by atoms with E-state index in [1.54, 1.807) is 31.3 Å². The van der Waals surface area contributed by atoms with Gasteiger partial charge in [0, 0.05) is 25.7 Å². The molecular weight excluding hydrogens is 428 g/mol. The lowest BCUT2D eigenvalue weighted by Crippen LogP contribution is -2.45. The number of cyclic esters (lactones) is 1. The topological polar surface area (TPSA) is 89.9 Å². The van der Waals surface area contributed by atoms with Gasteiger partial charge in [-0.1, -0.05) is 6.07 Å². The van der Waals surface area contributed by atoms with Gasteiger partial charge in [0.25, 0.3) is 0 Å². The van der Waals surface area contributed by atoms with E-state index in [0.29, 0.717) is 67.7 Å². The Morgan fingerprint density at radius 3 is 2.55 bits per heavy atom. The van der Waals surface area contributed by atoms with Crippen molar-refractivity contribution in [1.82, 2.24) is 4.90 Å².